The van der Waals surface area contributed by atoms with Crippen LogP contribution in [-0.2, 0) is 46.5 Å². The van der Waals surface area contributed by atoms with E-state index in [-0.39, 0.29) is 12.8 Å². The first-order valence-corrected chi connectivity index (χ1v) is 25.5. The Morgan fingerprint density at radius 2 is 1.08 bits per heavy atom. The molecule has 0 radical (unpaired) electrons. The van der Waals surface area contributed by atoms with Crippen LogP contribution in [-0.4, -0.2) is 82.6 Å². The van der Waals surface area contributed by atoms with Crippen LogP contribution in [0, 0.1) is 0 Å². The van der Waals surface area contributed by atoms with Gasteiger partial charge in [-0.1, -0.05) is 127 Å². The maximum Gasteiger partial charge on any atom is 0.472 e. The molecule has 1 fully saturated rings. The van der Waals surface area contributed by atoms with Crippen molar-refractivity contribution in [2.45, 2.75) is 192 Å². The van der Waals surface area contributed by atoms with E-state index in [1.807, 2.05) is 0 Å². The Bertz CT molecular complexity index is 1310. The summed E-state index contributed by atoms with van der Waals surface area (Å²) < 4.78 is 53.5. The number of aliphatic hydroxyl groups is 1. The fraction of sp³-hybridized carbons (Fsp3) is 0.773. The molecule has 1 aliphatic heterocycles. The molecule has 1 saturated heterocycles. The number of hydrogen-bond acceptors (Lipinski definition) is 11. The largest absolute Gasteiger partial charge is 0.472 e. The number of unbranched alkanes of at least 4 members (excludes halogenated alkanes) is 14. The van der Waals surface area contributed by atoms with Crippen molar-refractivity contribution in [3.63, 3.8) is 0 Å². The summed E-state index contributed by atoms with van der Waals surface area (Å²) in [5.41, 5.74) is 0. The number of allylic oxidation sites excluding steroid dienone is 7. The molecule has 3 unspecified atom stereocenters. The van der Waals surface area contributed by atoms with Crippen LogP contribution < -0.4 is 0 Å². The highest BCUT2D eigenvalue weighted by Gasteiger charge is 2.36. The zero-order valence-corrected chi connectivity index (χ0v) is 38.3. The lowest BCUT2D eigenvalue weighted by atomic mass is 10.1. The van der Waals surface area contributed by atoms with Crippen LogP contribution >= 0.6 is 15.6 Å². The first-order chi connectivity index (χ1) is 28.8. The molecule has 4 N–H and O–H groups in total. The summed E-state index contributed by atoms with van der Waals surface area (Å²) >= 11 is 0. The summed E-state index contributed by atoms with van der Waals surface area (Å²) in [7, 11) is -9.69. The van der Waals surface area contributed by atoms with E-state index in [4.69, 9.17) is 28.5 Å². The predicted molar refractivity (Wildman–Crippen MR) is 234 cm³/mol. The van der Waals surface area contributed by atoms with E-state index in [0.717, 1.165) is 89.9 Å². The average Bonchev–Trinajstić information content (AvgIpc) is 3.96. The molecule has 5 atom stereocenters. The zero-order chi connectivity index (χ0) is 44.2. The number of epoxide rings is 1. The van der Waals surface area contributed by atoms with E-state index < -0.39 is 66.2 Å². The van der Waals surface area contributed by atoms with Crippen molar-refractivity contribution in [1.29, 1.82) is 0 Å². The molecule has 0 amide bonds. The standard InChI is InChI=1S/C44H78O14P2/c1-3-5-7-8-9-10-11-12-13-14-15-16-17-18-22-25-29-33-43(46)53-37-40(38-56-60(51,52)55-36-39(45)35-54-59(48,49)50)57-44(47)34-30-26-23-20-19-21-24-28-32-42-41(58-42)31-27-6-4-2/h9-10,12-13,15-16,24,28,39-42,45H,3-8,11,14,17-23,25-27,29-38H2,1-2H3,(H,51,52)(H2,48,49,50)/b10-9-,13-12-,16-15-,28-24-/t39-,40+,41?,42?/m0/s1. The number of carbonyl (C=O) groups is 2. The summed E-state index contributed by atoms with van der Waals surface area (Å²) in [5, 5.41) is 9.75. The van der Waals surface area contributed by atoms with E-state index in [9.17, 15) is 28.7 Å². The number of hydrogen-bond donors (Lipinski definition) is 4. The second-order valence-electron chi connectivity index (χ2n) is 15.4. The van der Waals surface area contributed by atoms with Crippen LogP contribution in [0.4, 0.5) is 0 Å². The first kappa shape index (κ1) is 56.1. The lowest BCUT2D eigenvalue weighted by Crippen LogP contribution is -2.30. The molecular weight excluding hydrogens is 814 g/mol. The van der Waals surface area contributed by atoms with E-state index in [2.05, 4.69) is 71.5 Å². The average molecular weight is 893 g/mol. The molecule has 0 spiro atoms. The Balaban J connectivity index is 2.37. The van der Waals surface area contributed by atoms with Crippen LogP contribution in [0.25, 0.3) is 0 Å². The van der Waals surface area contributed by atoms with Crippen molar-refractivity contribution in [2.75, 3.05) is 26.4 Å². The van der Waals surface area contributed by atoms with Gasteiger partial charge in [0, 0.05) is 12.8 Å². The molecule has 0 saturated carbocycles. The lowest BCUT2D eigenvalue weighted by molar-refractivity contribution is -0.161. The fourth-order valence-corrected chi connectivity index (χ4v) is 7.22. The lowest BCUT2D eigenvalue weighted by Gasteiger charge is -2.20. The number of rotatable bonds is 41. The van der Waals surface area contributed by atoms with Gasteiger partial charge in [-0.25, -0.2) is 9.13 Å². The van der Waals surface area contributed by atoms with Crippen LogP contribution in [0.15, 0.2) is 48.6 Å². The second kappa shape index (κ2) is 36.5. The van der Waals surface area contributed by atoms with Gasteiger partial charge in [0.05, 0.1) is 32.0 Å². The van der Waals surface area contributed by atoms with Crippen molar-refractivity contribution in [1.82, 2.24) is 0 Å². The molecule has 0 bridgehead atoms. The van der Waals surface area contributed by atoms with Gasteiger partial charge in [-0.3, -0.25) is 23.2 Å². The molecule has 0 aromatic carbocycles. The number of esters is 2. The Morgan fingerprint density at radius 3 is 1.70 bits per heavy atom. The highest BCUT2D eigenvalue weighted by atomic mass is 31.2. The molecule has 60 heavy (non-hydrogen) atoms. The Hall–Kier alpha value is -1.96. The van der Waals surface area contributed by atoms with Crippen molar-refractivity contribution < 1.29 is 66.3 Å². The van der Waals surface area contributed by atoms with E-state index in [1.54, 1.807) is 0 Å². The number of phosphoric acid groups is 2. The topological polar surface area (TPSA) is 208 Å². The number of carbonyl (C=O) groups excluding carboxylic acids is 2. The summed E-state index contributed by atoms with van der Waals surface area (Å²) in [6.45, 7) is 1.65. The maximum atomic E-state index is 12.7. The Kier molecular flexibility index (Phi) is 34.1. The van der Waals surface area contributed by atoms with Crippen LogP contribution in [0.2, 0.25) is 0 Å². The van der Waals surface area contributed by atoms with E-state index in [0.29, 0.717) is 25.0 Å². The number of ether oxygens (including phenoxy) is 3. The predicted octanol–water partition coefficient (Wildman–Crippen LogP) is 10.4. The fourth-order valence-electron chi connectivity index (χ4n) is 6.07. The first-order valence-electron chi connectivity index (χ1n) is 22.5. The monoisotopic (exact) mass is 892 g/mol. The SMILES string of the molecule is CCCCC/C=C\C/C=C\C/C=C\CCCCCCC(=O)OC[C@H](COP(=O)(O)OC[C@@H](O)COP(=O)(O)O)OC(=O)CCCCCCC/C=C\CC1OC1CCCCC. The maximum absolute atomic E-state index is 12.7. The molecule has 348 valence electrons. The van der Waals surface area contributed by atoms with Gasteiger partial charge in [0.25, 0.3) is 0 Å². The van der Waals surface area contributed by atoms with Crippen LogP contribution in [0.1, 0.15) is 168 Å². The molecule has 16 heteroatoms. The quantitative estimate of drug-likeness (QED) is 0.0148. The summed E-state index contributed by atoms with van der Waals surface area (Å²) in [6, 6.07) is 0. The molecule has 0 aromatic heterocycles. The van der Waals surface area contributed by atoms with Crippen molar-refractivity contribution >= 4 is 27.6 Å². The molecule has 1 heterocycles. The van der Waals surface area contributed by atoms with Gasteiger partial charge in [-0.15, -0.1) is 0 Å². The second-order valence-corrected chi connectivity index (χ2v) is 18.0. The van der Waals surface area contributed by atoms with E-state index in [1.165, 1.54) is 38.5 Å². The van der Waals surface area contributed by atoms with Gasteiger partial charge in [-0.05, 0) is 77.0 Å². The van der Waals surface area contributed by atoms with Crippen molar-refractivity contribution in [3.8, 4) is 0 Å². The molecule has 0 aliphatic carbocycles. The third-order valence-electron chi connectivity index (χ3n) is 9.60. The molecule has 14 nitrogen and oxygen atoms in total. The third kappa shape index (κ3) is 36.7. The van der Waals surface area contributed by atoms with Gasteiger partial charge in [0.2, 0.25) is 0 Å². The van der Waals surface area contributed by atoms with Gasteiger partial charge in [0.15, 0.2) is 6.10 Å². The minimum absolute atomic E-state index is 0.104. The summed E-state index contributed by atoms with van der Waals surface area (Å²) in [5.74, 6) is -1.08. The highest BCUT2D eigenvalue weighted by molar-refractivity contribution is 7.47. The number of aliphatic hydroxyl groups excluding tert-OH is 1. The van der Waals surface area contributed by atoms with Crippen molar-refractivity contribution in [3.05, 3.63) is 48.6 Å². The van der Waals surface area contributed by atoms with Gasteiger partial charge < -0.3 is 34.0 Å². The minimum Gasteiger partial charge on any atom is -0.462 e. The summed E-state index contributed by atoms with van der Waals surface area (Å²) in [6.07, 6.45) is 38.4. The van der Waals surface area contributed by atoms with Crippen LogP contribution in [0.5, 0.6) is 0 Å². The molecule has 0 aromatic rings. The van der Waals surface area contributed by atoms with Crippen molar-refractivity contribution in [2.24, 2.45) is 0 Å². The normalized spacial score (nSPS) is 17.8. The Labute approximate surface area is 360 Å². The Morgan fingerprint density at radius 1 is 0.583 bits per heavy atom. The molecule has 1 aliphatic rings. The smallest absolute Gasteiger partial charge is 0.462 e. The molecular formula is C44H78O14P2. The summed E-state index contributed by atoms with van der Waals surface area (Å²) in [4.78, 5) is 52.7. The van der Waals surface area contributed by atoms with E-state index >= 15 is 0 Å². The zero-order valence-electron chi connectivity index (χ0n) is 36.5. The van der Waals surface area contributed by atoms with Gasteiger partial charge in [-0.2, -0.15) is 0 Å². The van der Waals surface area contributed by atoms with Crippen LogP contribution in [0.3, 0.4) is 0 Å². The third-order valence-corrected chi connectivity index (χ3v) is 11.0. The molecule has 1 rings (SSSR count). The van der Waals surface area contributed by atoms with Gasteiger partial charge >= 0.3 is 27.6 Å². The van der Waals surface area contributed by atoms with Gasteiger partial charge in [0.1, 0.15) is 12.7 Å². The number of phosphoric ester groups is 2. The minimum atomic E-state index is -4.87. The highest BCUT2D eigenvalue weighted by Crippen LogP contribution is 2.44.